The number of ether oxygens (including phenoxy) is 1. The SMILES string of the molecule is COc1ccc(NC(C)=O)cc1NC(=O)c1c[nH]c2ccccc2c1=O. The van der Waals surface area contributed by atoms with E-state index in [1.807, 2.05) is 0 Å². The Morgan fingerprint density at radius 3 is 2.58 bits per heavy atom. The van der Waals surface area contributed by atoms with Crippen LogP contribution < -0.4 is 20.8 Å². The van der Waals surface area contributed by atoms with Crippen molar-refractivity contribution in [2.45, 2.75) is 6.92 Å². The average molecular weight is 351 g/mol. The zero-order chi connectivity index (χ0) is 18.7. The van der Waals surface area contributed by atoms with E-state index in [1.54, 1.807) is 42.5 Å². The molecule has 0 aliphatic heterocycles. The number of amides is 2. The number of carbonyl (C=O) groups is 2. The van der Waals surface area contributed by atoms with Crippen molar-refractivity contribution < 1.29 is 14.3 Å². The standard InChI is InChI=1S/C19H17N3O4/c1-11(23)21-12-7-8-17(26-2)16(9-12)22-19(25)14-10-20-15-6-4-3-5-13(15)18(14)24/h3-10H,1-2H3,(H,20,24)(H,21,23)(H,22,25). The van der Waals surface area contributed by atoms with Crippen LogP contribution in [0.15, 0.2) is 53.5 Å². The van der Waals surface area contributed by atoms with Gasteiger partial charge in [0.25, 0.3) is 5.91 Å². The summed E-state index contributed by atoms with van der Waals surface area (Å²) in [7, 11) is 1.46. The Morgan fingerprint density at radius 2 is 1.85 bits per heavy atom. The molecule has 0 aliphatic carbocycles. The molecular formula is C19H17N3O4. The van der Waals surface area contributed by atoms with Crippen LogP contribution in [0.2, 0.25) is 0 Å². The molecule has 0 radical (unpaired) electrons. The van der Waals surface area contributed by atoms with E-state index in [0.717, 1.165) is 0 Å². The fourth-order valence-corrected chi connectivity index (χ4v) is 2.61. The summed E-state index contributed by atoms with van der Waals surface area (Å²) in [5.74, 6) is -0.404. The number of methoxy groups -OCH3 is 1. The van der Waals surface area contributed by atoms with Gasteiger partial charge < -0.3 is 20.4 Å². The number of nitrogens with one attached hydrogen (secondary N) is 3. The molecule has 2 aromatic carbocycles. The second-order valence-electron chi connectivity index (χ2n) is 5.63. The fourth-order valence-electron chi connectivity index (χ4n) is 2.61. The molecule has 0 unspecified atom stereocenters. The topological polar surface area (TPSA) is 100 Å². The number of pyridine rings is 1. The molecule has 7 nitrogen and oxygen atoms in total. The second-order valence-corrected chi connectivity index (χ2v) is 5.63. The lowest BCUT2D eigenvalue weighted by atomic mass is 10.1. The first-order chi connectivity index (χ1) is 12.5. The van der Waals surface area contributed by atoms with Gasteiger partial charge in [0.15, 0.2) is 0 Å². The molecular weight excluding hydrogens is 334 g/mol. The van der Waals surface area contributed by atoms with Gasteiger partial charge in [-0.15, -0.1) is 0 Å². The van der Waals surface area contributed by atoms with E-state index < -0.39 is 5.91 Å². The third-order valence-corrected chi connectivity index (χ3v) is 3.80. The van der Waals surface area contributed by atoms with Gasteiger partial charge >= 0.3 is 0 Å². The smallest absolute Gasteiger partial charge is 0.261 e. The third-order valence-electron chi connectivity index (χ3n) is 3.80. The van der Waals surface area contributed by atoms with Gasteiger partial charge in [-0.3, -0.25) is 14.4 Å². The summed E-state index contributed by atoms with van der Waals surface area (Å²) in [6.07, 6.45) is 1.38. The minimum atomic E-state index is -0.574. The molecule has 0 spiro atoms. The molecule has 3 aromatic rings. The van der Waals surface area contributed by atoms with E-state index in [2.05, 4.69) is 15.6 Å². The maximum atomic E-state index is 12.6. The minimum absolute atomic E-state index is 0.0179. The van der Waals surface area contributed by atoms with Gasteiger partial charge in [0.05, 0.1) is 12.8 Å². The number of benzene rings is 2. The molecule has 3 N–H and O–H groups in total. The zero-order valence-corrected chi connectivity index (χ0v) is 14.3. The average Bonchev–Trinajstić information content (AvgIpc) is 2.62. The normalized spacial score (nSPS) is 10.4. The summed E-state index contributed by atoms with van der Waals surface area (Å²) in [5.41, 5.74) is 1.11. The molecule has 0 aliphatic rings. The molecule has 0 bridgehead atoms. The van der Waals surface area contributed by atoms with Crippen molar-refractivity contribution in [3.05, 3.63) is 64.4 Å². The second kappa shape index (κ2) is 7.10. The van der Waals surface area contributed by atoms with E-state index in [0.29, 0.717) is 28.0 Å². The molecule has 7 heteroatoms. The van der Waals surface area contributed by atoms with Gasteiger partial charge in [-0.2, -0.15) is 0 Å². The van der Waals surface area contributed by atoms with Crippen LogP contribution in [0.5, 0.6) is 5.75 Å². The van der Waals surface area contributed by atoms with Crippen molar-refractivity contribution in [3.63, 3.8) is 0 Å². The first kappa shape index (κ1) is 17.2. The Bertz CT molecular complexity index is 1060. The summed E-state index contributed by atoms with van der Waals surface area (Å²) in [6, 6.07) is 11.8. The molecule has 3 rings (SSSR count). The molecule has 26 heavy (non-hydrogen) atoms. The third kappa shape index (κ3) is 3.41. The highest BCUT2D eigenvalue weighted by Crippen LogP contribution is 2.28. The molecule has 0 atom stereocenters. The van der Waals surface area contributed by atoms with Gasteiger partial charge in [-0.25, -0.2) is 0 Å². The lowest BCUT2D eigenvalue weighted by Gasteiger charge is -2.12. The minimum Gasteiger partial charge on any atom is -0.495 e. The first-order valence-electron chi connectivity index (χ1n) is 7.87. The number of hydrogen-bond acceptors (Lipinski definition) is 4. The number of carbonyl (C=O) groups excluding carboxylic acids is 2. The van der Waals surface area contributed by atoms with E-state index in [-0.39, 0.29) is 16.9 Å². The van der Waals surface area contributed by atoms with Gasteiger partial charge in [0.1, 0.15) is 11.3 Å². The molecule has 2 amide bonds. The predicted octanol–water partition coefficient (Wildman–Crippen LogP) is 2.75. The molecule has 0 saturated carbocycles. The van der Waals surface area contributed by atoms with Crippen LogP contribution in [-0.4, -0.2) is 23.9 Å². The van der Waals surface area contributed by atoms with Crippen LogP contribution in [0.25, 0.3) is 10.9 Å². The maximum Gasteiger partial charge on any atom is 0.261 e. The van der Waals surface area contributed by atoms with E-state index in [1.165, 1.54) is 20.2 Å². The van der Waals surface area contributed by atoms with E-state index in [4.69, 9.17) is 4.74 Å². The maximum absolute atomic E-state index is 12.6. The summed E-state index contributed by atoms with van der Waals surface area (Å²) >= 11 is 0. The van der Waals surface area contributed by atoms with Crippen molar-refractivity contribution in [1.29, 1.82) is 0 Å². The molecule has 0 fully saturated rings. The van der Waals surface area contributed by atoms with Crippen LogP contribution >= 0.6 is 0 Å². The number of hydrogen-bond donors (Lipinski definition) is 3. The van der Waals surface area contributed by atoms with Crippen LogP contribution in [-0.2, 0) is 4.79 Å². The molecule has 0 saturated heterocycles. The van der Waals surface area contributed by atoms with E-state index >= 15 is 0 Å². The Morgan fingerprint density at radius 1 is 1.08 bits per heavy atom. The van der Waals surface area contributed by atoms with Gasteiger partial charge in [0, 0.05) is 29.7 Å². The van der Waals surface area contributed by atoms with Crippen LogP contribution in [0.1, 0.15) is 17.3 Å². The first-order valence-corrected chi connectivity index (χ1v) is 7.87. The lowest BCUT2D eigenvalue weighted by Crippen LogP contribution is -2.22. The van der Waals surface area contributed by atoms with Gasteiger partial charge in [-0.05, 0) is 30.3 Å². The Kier molecular flexibility index (Phi) is 4.70. The number of para-hydroxylation sites is 1. The number of fused-ring (bicyclic) bond motifs is 1. The number of rotatable bonds is 4. The number of H-pyrrole nitrogens is 1. The van der Waals surface area contributed by atoms with Crippen molar-refractivity contribution >= 4 is 34.1 Å². The number of aromatic nitrogens is 1. The summed E-state index contributed by atoms with van der Waals surface area (Å²) in [5, 5.41) is 5.72. The van der Waals surface area contributed by atoms with E-state index in [9.17, 15) is 14.4 Å². The fraction of sp³-hybridized carbons (Fsp3) is 0.105. The molecule has 1 aromatic heterocycles. The molecule has 1 heterocycles. The quantitative estimate of drug-likeness (QED) is 0.673. The summed E-state index contributed by atoms with van der Waals surface area (Å²) in [4.78, 5) is 39.3. The van der Waals surface area contributed by atoms with Crippen molar-refractivity contribution in [2.75, 3.05) is 17.7 Å². The number of anilines is 2. The van der Waals surface area contributed by atoms with Crippen LogP contribution in [0.3, 0.4) is 0 Å². The largest absolute Gasteiger partial charge is 0.495 e. The summed E-state index contributed by atoms with van der Waals surface area (Å²) < 4.78 is 5.23. The predicted molar refractivity (Wildman–Crippen MR) is 99.8 cm³/mol. The highest BCUT2D eigenvalue weighted by Gasteiger charge is 2.15. The van der Waals surface area contributed by atoms with Crippen molar-refractivity contribution in [2.24, 2.45) is 0 Å². The van der Waals surface area contributed by atoms with Crippen LogP contribution in [0, 0.1) is 0 Å². The van der Waals surface area contributed by atoms with Gasteiger partial charge in [0.2, 0.25) is 11.3 Å². The zero-order valence-electron chi connectivity index (χ0n) is 14.3. The molecule has 132 valence electrons. The number of aromatic amines is 1. The summed E-state index contributed by atoms with van der Waals surface area (Å²) in [6.45, 7) is 1.39. The Hall–Kier alpha value is -3.61. The van der Waals surface area contributed by atoms with Crippen LogP contribution in [0.4, 0.5) is 11.4 Å². The Labute approximate surface area is 149 Å². The lowest BCUT2D eigenvalue weighted by molar-refractivity contribution is -0.114. The highest BCUT2D eigenvalue weighted by atomic mass is 16.5. The van der Waals surface area contributed by atoms with Crippen molar-refractivity contribution in [3.8, 4) is 5.75 Å². The highest BCUT2D eigenvalue weighted by molar-refractivity contribution is 6.06. The van der Waals surface area contributed by atoms with Gasteiger partial charge in [-0.1, -0.05) is 12.1 Å². The van der Waals surface area contributed by atoms with Crippen molar-refractivity contribution in [1.82, 2.24) is 4.98 Å². The Balaban J connectivity index is 1.96. The monoisotopic (exact) mass is 351 g/mol.